The molecule has 2 heterocycles. The lowest BCUT2D eigenvalue weighted by molar-refractivity contribution is 0.389. The van der Waals surface area contributed by atoms with Gasteiger partial charge in [-0.15, -0.1) is 0 Å². The number of hydrogen-bond acceptors (Lipinski definition) is 7. The molecule has 0 aliphatic carbocycles. The minimum atomic E-state index is 0.271. The molecule has 31 heavy (non-hydrogen) atoms. The Morgan fingerprint density at radius 2 is 1.87 bits per heavy atom. The van der Waals surface area contributed by atoms with Gasteiger partial charge in [0.1, 0.15) is 5.02 Å². The van der Waals surface area contributed by atoms with Crippen LogP contribution in [0.1, 0.15) is 35.3 Å². The number of nitrogens with zero attached hydrogens (tertiary/aromatic N) is 4. The first kappa shape index (κ1) is 23.0. The molecule has 0 amide bonds. The fourth-order valence-electron chi connectivity index (χ4n) is 3.29. The van der Waals surface area contributed by atoms with E-state index in [9.17, 15) is 0 Å². The van der Waals surface area contributed by atoms with Gasteiger partial charge in [-0.3, -0.25) is 5.10 Å². The highest BCUT2D eigenvalue weighted by atomic mass is 35.5. The van der Waals surface area contributed by atoms with Crippen molar-refractivity contribution in [2.75, 3.05) is 37.8 Å². The lowest BCUT2D eigenvalue weighted by Crippen LogP contribution is -2.28. The van der Waals surface area contributed by atoms with Crippen molar-refractivity contribution in [3.05, 3.63) is 51.8 Å². The van der Waals surface area contributed by atoms with Crippen LogP contribution in [0.4, 0.5) is 23.3 Å². The van der Waals surface area contributed by atoms with Crippen molar-refractivity contribution in [1.29, 1.82) is 0 Å². The maximum absolute atomic E-state index is 6.27. The van der Waals surface area contributed by atoms with E-state index in [0.29, 0.717) is 22.6 Å². The van der Waals surface area contributed by atoms with E-state index in [4.69, 9.17) is 11.6 Å². The fourth-order valence-corrected chi connectivity index (χ4v) is 3.43. The van der Waals surface area contributed by atoms with Crippen molar-refractivity contribution in [2.24, 2.45) is 0 Å². The molecule has 3 aromatic rings. The summed E-state index contributed by atoms with van der Waals surface area (Å²) < 4.78 is 0. The first-order chi connectivity index (χ1) is 14.7. The average molecular weight is 443 g/mol. The maximum atomic E-state index is 6.27. The first-order valence-corrected chi connectivity index (χ1v) is 10.7. The maximum Gasteiger partial charge on any atom is 0.229 e. The number of rotatable bonds is 9. The minimum absolute atomic E-state index is 0.271. The van der Waals surface area contributed by atoms with E-state index >= 15 is 0 Å². The number of H-pyrrole nitrogens is 1. The van der Waals surface area contributed by atoms with E-state index in [1.807, 2.05) is 13.0 Å². The average Bonchev–Trinajstić information content (AvgIpc) is 3.11. The molecule has 4 N–H and O–H groups in total. The van der Waals surface area contributed by atoms with Crippen LogP contribution in [-0.4, -0.2) is 52.3 Å². The topological polar surface area (TPSA) is 93.8 Å². The summed E-state index contributed by atoms with van der Waals surface area (Å²) in [6.45, 7) is 10.3. The summed E-state index contributed by atoms with van der Waals surface area (Å²) in [6, 6.07) is 6.50. The Bertz CT molecular complexity index is 1030. The Morgan fingerprint density at radius 3 is 2.55 bits per heavy atom. The molecule has 2 aromatic heterocycles. The van der Waals surface area contributed by atoms with Gasteiger partial charge in [-0.1, -0.05) is 17.7 Å². The number of anilines is 4. The van der Waals surface area contributed by atoms with Crippen molar-refractivity contribution in [2.45, 2.75) is 33.7 Å². The third-order valence-electron chi connectivity index (χ3n) is 5.03. The molecule has 0 saturated heterocycles. The summed E-state index contributed by atoms with van der Waals surface area (Å²) in [7, 11) is 4.16. The molecule has 0 spiro atoms. The zero-order valence-electron chi connectivity index (χ0n) is 19.0. The summed E-state index contributed by atoms with van der Waals surface area (Å²) in [5, 5.41) is 17.5. The SMILES string of the molecule is Cc1cc(Nc2nc(Nc3cc(C)c(C(C)NCCN(C)C)cc3C)ncc2Cl)n[nH]1. The minimum Gasteiger partial charge on any atom is -0.324 e. The van der Waals surface area contributed by atoms with E-state index in [0.717, 1.165) is 30.0 Å². The largest absolute Gasteiger partial charge is 0.324 e. The number of aryl methyl sites for hydroxylation is 3. The Balaban J connectivity index is 1.75. The molecule has 0 radical (unpaired) electrons. The van der Waals surface area contributed by atoms with Crippen molar-refractivity contribution >= 4 is 34.9 Å². The predicted octanol–water partition coefficient (Wildman–Crippen LogP) is 4.48. The summed E-state index contributed by atoms with van der Waals surface area (Å²) in [5.74, 6) is 1.61. The van der Waals surface area contributed by atoms with Gasteiger partial charge < -0.3 is 20.9 Å². The highest BCUT2D eigenvalue weighted by Crippen LogP contribution is 2.28. The first-order valence-electron chi connectivity index (χ1n) is 10.3. The molecule has 9 heteroatoms. The fraction of sp³-hybridized carbons (Fsp3) is 0.409. The van der Waals surface area contributed by atoms with Crippen LogP contribution in [0.2, 0.25) is 5.02 Å². The van der Waals surface area contributed by atoms with Gasteiger partial charge in [-0.25, -0.2) is 4.98 Å². The second-order valence-electron chi connectivity index (χ2n) is 8.08. The third-order valence-corrected chi connectivity index (χ3v) is 5.31. The number of halogens is 1. The molecule has 0 saturated carbocycles. The Labute approximate surface area is 188 Å². The highest BCUT2D eigenvalue weighted by molar-refractivity contribution is 6.32. The van der Waals surface area contributed by atoms with Crippen LogP contribution in [0.5, 0.6) is 0 Å². The highest BCUT2D eigenvalue weighted by Gasteiger charge is 2.13. The Kier molecular flexibility index (Phi) is 7.48. The normalized spacial score (nSPS) is 12.3. The van der Waals surface area contributed by atoms with Crippen LogP contribution in [0.3, 0.4) is 0 Å². The standard InChI is InChI=1S/C22H31ClN8/c1-13-10-19(14(2)9-17(13)16(4)24-7-8-31(5)6)26-22-25-12-18(23)21(28-22)27-20-11-15(3)29-30-20/h9-12,16,24H,7-8H2,1-6H3,(H3,25,26,27,28,29,30). The number of benzene rings is 1. The molecule has 3 rings (SSSR count). The van der Waals surface area contributed by atoms with Crippen LogP contribution < -0.4 is 16.0 Å². The predicted molar refractivity (Wildman–Crippen MR) is 128 cm³/mol. The van der Waals surface area contributed by atoms with Crippen LogP contribution in [0.15, 0.2) is 24.4 Å². The van der Waals surface area contributed by atoms with E-state index < -0.39 is 0 Å². The third kappa shape index (κ3) is 6.16. The molecule has 0 aliphatic heterocycles. The monoisotopic (exact) mass is 442 g/mol. The van der Waals surface area contributed by atoms with E-state index in [2.05, 4.69) is 88.0 Å². The van der Waals surface area contributed by atoms with Gasteiger partial charge in [0.2, 0.25) is 5.95 Å². The molecule has 0 aliphatic rings. The molecule has 1 atom stereocenters. The summed E-state index contributed by atoms with van der Waals surface area (Å²) >= 11 is 6.27. The van der Waals surface area contributed by atoms with Crippen LogP contribution >= 0.6 is 11.6 Å². The van der Waals surface area contributed by atoms with Crippen molar-refractivity contribution in [1.82, 2.24) is 30.4 Å². The number of nitrogens with one attached hydrogen (secondary N) is 4. The van der Waals surface area contributed by atoms with Gasteiger partial charge in [0.25, 0.3) is 0 Å². The van der Waals surface area contributed by atoms with Gasteiger partial charge in [0.05, 0.1) is 6.20 Å². The van der Waals surface area contributed by atoms with E-state index in [1.165, 1.54) is 11.1 Å². The molecule has 1 unspecified atom stereocenters. The van der Waals surface area contributed by atoms with Gasteiger partial charge in [0, 0.05) is 36.6 Å². The van der Waals surface area contributed by atoms with Gasteiger partial charge in [-0.2, -0.15) is 10.1 Å². The Hall–Kier alpha value is -2.68. The molecule has 8 nitrogen and oxygen atoms in total. The number of likely N-dealkylation sites (N-methyl/N-ethyl adjacent to an activating group) is 1. The summed E-state index contributed by atoms with van der Waals surface area (Å²) in [6.07, 6.45) is 1.58. The smallest absolute Gasteiger partial charge is 0.229 e. The number of aromatic amines is 1. The van der Waals surface area contributed by atoms with Crippen LogP contribution in [0.25, 0.3) is 0 Å². The number of aromatic nitrogens is 4. The lowest BCUT2D eigenvalue weighted by atomic mass is 9.98. The molecule has 0 fully saturated rings. The van der Waals surface area contributed by atoms with Gasteiger partial charge in [-0.05, 0) is 64.5 Å². The quantitative estimate of drug-likeness (QED) is 0.388. The summed E-state index contributed by atoms with van der Waals surface area (Å²) in [4.78, 5) is 11.0. The summed E-state index contributed by atoms with van der Waals surface area (Å²) in [5.41, 5.74) is 5.53. The van der Waals surface area contributed by atoms with Crippen molar-refractivity contribution in [3.63, 3.8) is 0 Å². The molecule has 1 aromatic carbocycles. The number of hydrogen-bond donors (Lipinski definition) is 4. The van der Waals surface area contributed by atoms with Crippen LogP contribution in [0, 0.1) is 20.8 Å². The molecular weight excluding hydrogens is 412 g/mol. The molecular formula is C22H31ClN8. The van der Waals surface area contributed by atoms with Gasteiger partial charge >= 0.3 is 0 Å². The molecule has 0 bridgehead atoms. The zero-order valence-corrected chi connectivity index (χ0v) is 19.7. The zero-order chi connectivity index (χ0) is 22.5. The second kappa shape index (κ2) is 10.1. The van der Waals surface area contributed by atoms with E-state index in [-0.39, 0.29) is 6.04 Å². The Morgan fingerprint density at radius 1 is 1.10 bits per heavy atom. The lowest BCUT2D eigenvalue weighted by Gasteiger charge is -2.20. The van der Waals surface area contributed by atoms with Gasteiger partial charge in [0.15, 0.2) is 11.6 Å². The van der Waals surface area contributed by atoms with Crippen molar-refractivity contribution < 1.29 is 0 Å². The van der Waals surface area contributed by atoms with Crippen molar-refractivity contribution in [3.8, 4) is 0 Å². The van der Waals surface area contributed by atoms with Crippen LogP contribution in [-0.2, 0) is 0 Å². The second-order valence-corrected chi connectivity index (χ2v) is 8.49. The molecule has 166 valence electrons. The van der Waals surface area contributed by atoms with E-state index in [1.54, 1.807) is 6.20 Å².